The molecule has 0 aliphatic rings. The van der Waals surface area contributed by atoms with Crippen molar-refractivity contribution in [2.45, 2.75) is 32.8 Å². The van der Waals surface area contributed by atoms with Crippen LogP contribution in [-0.4, -0.2) is 18.2 Å². The minimum Gasteiger partial charge on any atom is -0.444 e. The van der Waals surface area contributed by atoms with Crippen molar-refractivity contribution in [1.82, 2.24) is 5.32 Å². The first-order valence-electron chi connectivity index (χ1n) is 7.10. The molecular formula is C17H22N2O2. The zero-order valence-corrected chi connectivity index (χ0v) is 12.8. The van der Waals surface area contributed by atoms with Crippen molar-refractivity contribution < 1.29 is 9.53 Å². The fraction of sp³-hybridized carbons (Fsp3) is 0.353. The standard InChI is InChI=1S/C17H22N2O2/c1-17(2,3)21-16(20)19-11-10-13-9-8-12-6-4-5-7-14(12)15(13)18/h4-9H,10-11,18H2,1-3H3,(H,19,20). The molecule has 2 aromatic rings. The highest BCUT2D eigenvalue weighted by molar-refractivity contribution is 5.94. The Morgan fingerprint density at radius 2 is 1.90 bits per heavy atom. The molecule has 0 aliphatic heterocycles. The van der Waals surface area contributed by atoms with E-state index in [2.05, 4.69) is 11.4 Å². The molecule has 0 saturated carbocycles. The van der Waals surface area contributed by atoms with Crippen LogP contribution >= 0.6 is 0 Å². The normalized spacial score (nSPS) is 11.4. The Morgan fingerprint density at radius 1 is 1.19 bits per heavy atom. The van der Waals surface area contributed by atoms with Gasteiger partial charge in [-0.25, -0.2) is 4.79 Å². The molecule has 0 spiro atoms. The van der Waals surface area contributed by atoms with Gasteiger partial charge in [0.05, 0.1) is 0 Å². The quantitative estimate of drug-likeness (QED) is 0.849. The maximum absolute atomic E-state index is 11.6. The number of ether oxygens (including phenoxy) is 1. The largest absolute Gasteiger partial charge is 0.444 e. The summed E-state index contributed by atoms with van der Waals surface area (Å²) in [7, 11) is 0. The lowest BCUT2D eigenvalue weighted by Gasteiger charge is -2.19. The summed E-state index contributed by atoms with van der Waals surface area (Å²) < 4.78 is 5.19. The van der Waals surface area contributed by atoms with Crippen molar-refractivity contribution in [3.05, 3.63) is 42.0 Å². The summed E-state index contributed by atoms with van der Waals surface area (Å²) in [5.41, 5.74) is 7.52. The number of nitrogens with two attached hydrogens (primary N) is 1. The maximum atomic E-state index is 11.6. The monoisotopic (exact) mass is 286 g/mol. The van der Waals surface area contributed by atoms with E-state index in [4.69, 9.17) is 10.5 Å². The van der Waals surface area contributed by atoms with Gasteiger partial charge in [0.15, 0.2) is 0 Å². The van der Waals surface area contributed by atoms with Gasteiger partial charge in [-0.2, -0.15) is 0 Å². The molecule has 112 valence electrons. The van der Waals surface area contributed by atoms with Crippen LogP contribution in [0.4, 0.5) is 10.5 Å². The highest BCUT2D eigenvalue weighted by Crippen LogP contribution is 2.24. The van der Waals surface area contributed by atoms with Crippen LogP contribution in [0.15, 0.2) is 36.4 Å². The molecule has 2 aromatic carbocycles. The fourth-order valence-corrected chi connectivity index (χ4v) is 2.17. The highest BCUT2D eigenvalue weighted by Gasteiger charge is 2.15. The highest BCUT2D eigenvalue weighted by atomic mass is 16.6. The van der Waals surface area contributed by atoms with Crippen LogP contribution in [0.1, 0.15) is 26.3 Å². The van der Waals surface area contributed by atoms with Gasteiger partial charge in [-0.1, -0.05) is 36.4 Å². The van der Waals surface area contributed by atoms with Crippen LogP contribution in [0.5, 0.6) is 0 Å². The molecule has 0 aliphatic carbocycles. The van der Waals surface area contributed by atoms with Gasteiger partial charge in [-0.05, 0) is 38.1 Å². The SMILES string of the molecule is CC(C)(C)OC(=O)NCCc1ccc2ccccc2c1N. The fourth-order valence-electron chi connectivity index (χ4n) is 2.17. The van der Waals surface area contributed by atoms with Crippen molar-refractivity contribution in [2.75, 3.05) is 12.3 Å². The molecule has 0 saturated heterocycles. The third-order valence-corrected chi connectivity index (χ3v) is 3.12. The van der Waals surface area contributed by atoms with Gasteiger partial charge in [0.2, 0.25) is 0 Å². The number of amides is 1. The van der Waals surface area contributed by atoms with Crippen molar-refractivity contribution in [3.8, 4) is 0 Å². The lowest BCUT2D eigenvalue weighted by Crippen LogP contribution is -2.33. The summed E-state index contributed by atoms with van der Waals surface area (Å²) in [6.07, 6.45) is 0.275. The van der Waals surface area contributed by atoms with E-state index in [1.54, 1.807) is 0 Å². The number of hydrogen-bond donors (Lipinski definition) is 2. The van der Waals surface area contributed by atoms with E-state index in [0.717, 1.165) is 22.0 Å². The number of rotatable bonds is 3. The molecule has 4 nitrogen and oxygen atoms in total. The molecule has 0 radical (unpaired) electrons. The lowest BCUT2D eigenvalue weighted by molar-refractivity contribution is 0.0528. The van der Waals surface area contributed by atoms with Gasteiger partial charge in [-0.15, -0.1) is 0 Å². The Hall–Kier alpha value is -2.23. The zero-order valence-electron chi connectivity index (χ0n) is 12.8. The van der Waals surface area contributed by atoms with E-state index < -0.39 is 11.7 Å². The zero-order chi connectivity index (χ0) is 15.5. The summed E-state index contributed by atoms with van der Waals surface area (Å²) >= 11 is 0. The van der Waals surface area contributed by atoms with Gasteiger partial charge >= 0.3 is 6.09 Å². The van der Waals surface area contributed by atoms with Crippen molar-refractivity contribution in [1.29, 1.82) is 0 Å². The van der Waals surface area contributed by atoms with E-state index in [9.17, 15) is 4.79 Å². The maximum Gasteiger partial charge on any atom is 0.407 e. The van der Waals surface area contributed by atoms with E-state index in [-0.39, 0.29) is 0 Å². The molecule has 0 bridgehead atoms. The number of fused-ring (bicyclic) bond motifs is 1. The second-order valence-corrected chi connectivity index (χ2v) is 6.04. The van der Waals surface area contributed by atoms with E-state index in [1.165, 1.54) is 0 Å². The minimum absolute atomic E-state index is 0.401. The molecule has 0 unspecified atom stereocenters. The van der Waals surface area contributed by atoms with Crippen molar-refractivity contribution >= 4 is 22.6 Å². The Labute approximate surface area is 125 Å². The summed E-state index contributed by atoms with van der Waals surface area (Å²) in [6.45, 7) is 6.02. The second-order valence-electron chi connectivity index (χ2n) is 6.04. The minimum atomic E-state index is -0.480. The first-order chi connectivity index (χ1) is 9.87. The summed E-state index contributed by atoms with van der Waals surface area (Å²) in [5, 5.41) is 4.92. The van der Waals surface area contributed by atoms with Crippen LogP contribution < -0.4 is 11.1 Å². The average molecular weight is 286 g/mol. The Bertz CT molecular complexity index is 645. The molecule has 2 rings (SSSR count). The first-order valence-corrected chi connectivity index (χ1v) is 7.10. The summed E-state index contributed by atoms with van der Waals surface area (Å²) in [4.78, 5) is 11.6. The number of nitrogen functional groups attached to an aromatic ring is 1. The van der Waals surface area contributed by atoms with Crippen LogP contribution in [-0.2, 0) is 11.2 Å². The van der Waals surface area contributed by atoms with E-state index >= 15 is 0 Å². The molecule has 0 atom stereocenters. The van der Waals surface area contributed by atoms with Gasteiger partial charge < -0.3 is 15.8 Å². The number of carbonyl (C=O) groups excluding carboxylic acids is 1. The summed E-state index contributed by atoms with van der Waals surface area (Å²) in [6, 6.07) is 12.1. The number of alkyl carbamates (subject to hydrolysis) is 1. The third-order valence-electron chi connectivity index (χ3n) is 3.12. The number of benzene rings is 2. The third kappa shape index (κ3) is 4.12. The van der Waals surface area contributed by atoms with E-state index in [0.29, 0.717) is 13.0 Å². The Balaban J connectivity index is 1.98. The summed E-state index contributed by atoms with van der Waals surface area (Å²) in [5.74, 6) is 0. The number of nitrogens with one attached hydrogen (secondary N) is 1. The van der Waals surface area contributed by atoms with Gasteiger partial charge in [0.1, 0.15) is 5.60 Å². The van der Waals surface area contributed by atoms with E-state index in [1.807, 2.05) is 51.1 Å². The number of hydrogen-bond acceptors (Lipinski definition) is 3. The van der Waals surface area contributed by atoms with Crippen molar-refractivity contribution in [2.24, 2.45) is 0 Å². The lowest BCUT2D eigenvalue weighted by atomic mass is 10.0. The molecule has 3 N–H and O–H groups in total. The Morgan fingerprint density at radius 3 is 2.62 bits per heavy atom. The molecule has 0 aromatic heterocycles. The number of carbonyl (C=O) groups is 1. The van der Waals surface area contributed by atoms with Crippen LogP contribution in [0, 0.1) is 0 Å². The van der Waals surface area contributed by atoms with Gasteiger partial charge in [0.25, 0.3) is 0 Å². The molecule has 4 heteroatoms. The van der Waals surface area contributed by atoms with Gasteiger partial charge in [-0.3, -0.25) is 0 Å². The Kier molecular flexibility index (Phi) is 4.36. The second kappa shape index (κ2) is 6.04. The molecule has 1 amide bonds. The molecule has 21 heavy (non-hydrogen) atoms. The van der Waals surface area contributed by atoms with Crippen LogP contribution in [0.25, 0.3) is 10.8 Å². The molecular weight excluding hydrogens is 264 g/mol. The molecule has 0 fully saturated rings. The molecule has 0 heterocycles. The topological polar surface area (TPSA) is 64.3 Å². The smallest absolute Gasteiger partial charge is 0.407 e. The van der Waals surface area contributed by atoms with Gasteiger partial charge in [0, 0.05) is 17.6 Å². The van der Waals surface area contributed by atoms with Crippen molar-refractivity contribution in [3.63, 3.8) is 0 Å². The van der Waals surface area contributed by atoms with Crippen LogP contribution in [0.2, 0.25) is 0 Å². The predicted molar refractivity (Wildman–Crippen MR) is 86.3 cm³/mol. The average Bonchev–Trinajstić information content (AvgIpc) is 2.40. The predicted octanol–water partition coefficient (Wildman–Crippen LogP) is 3.49. The number of anilines is 1. The first kappa shape index (κ1) is 15.2. The van der Waals surface area contributed by atoms with Crippen LogP contribution in [0.3, 0.4) is 0 Å².